The van der Waals surface area contributed by atoms with Gasteiger partial charge in [-0.2, -0.15) is 0 Å². The van der Waals surface area contributed by atoms with E-state index in [1.54, 1.807) is 49.6 Å². The zero-order valence-electron chi connectivity index (χ0n) is 17.5. The van der Waals surface area contributed by atoms with E-state index in [2.05, 4.69) is 20.9 Å². The lowest BCUT2D eigenvalue weighted by Gasteiger charge is -2.17. The molecule has 0 saturated heterocycles. The second-order valence-corrected chi connectivity index (χ2v) is 7.72. The van der Waals surface area contributed by atoms with Crippen LogP contribution in [-0.2, 0) is 4.79 Å². The van der Waals surface area contributed by atoms with Crippen molar-refractivity contribution in [3.8, 4) is 5.75 Å². The lowest BCUT2D eigenvalue weighted by Crippen LogP contribution is -2.30. The highest BCUT2D eigenvalue weighted by Gasteiger charge is 2.24. The number of amides is 3. The van der Waals surface area contributed by atoms with Gasteiger partial charge in [0.15, 0.2) is 0 Å². The van der Waals surface area contributed by atoms with Gasteiger partial charge in [-0.25, -0.2) is 4.79 Å². The van der Waals surface area contributed by atoms with Crippen molar-refractivity contribution in [2.75, 3.05) is 12.4 Å². The first-order valence-corrected chi connectivity index (χ1v) is 10.3. The van der Waals surface area contributed by atoms with Gasteiger partial charge in [-0.15, -0.1) is 0 Å². The van der Waals surface area contributed by atoms with Gasteiger partial charge in [0.25, 0.3) is 5.91 Å². The zero-order chi connectivity index (χ0) is 22.7. The number of H-pyrrole nitrogens is 1. The van der Waals surface area contributed by atoms with Crippen LogP contribution in [0.25, 0.3) is 10.9 Å². The van der Waals surface area contributed by atoms with Crippen LogP contribution in [0.5, 0.6) is 5.75 Å². The van der Waals surface area contributed by atoms with Crippen LogP contribution < -0.4 is 20.7 Å². The highest BCUT2D eigenvalue weighted by Crippen LogP contribution is 2.26. The number of ether oxygens (including phenoxy) is 1. The van der Waals surface area contributed by atoms with E-state index in [-0.39, 0.29) is 24.2 Å². The standard InChI is InChI=1S/C23H24N4O5/c1-32-16-9-5-13(6-10-16)18(12-20(28)29)26-22(30)19-11-14-3-2-4-17(21(14)25-19)27-23(31)24-15-7-8-15/h2-6,9-11,15,18,25H,7-8,12H2,1H3,(H,26,30)(H,28,29)(H2,24,27,31)/t18-/m1/s1. The molecule has 3 amide bonds. The van der Waals surface area contributed by atoms with Crippen molar-refractivity contribution in [3.63, 3.8) is 0 Å². The third-order valence-corrected chi connectivity index (χ3v) is 5.26. The fraction of sp³-hybridized carbons (Fsp3) is 0.261. The molecule has 1 heterocycles. The largest absolute Gasteiger partial charge is 0.497 e. The number of hydrogen-bond donors (Lipinski definition) is 5. The lowest BCUT2D eigenvalue weighted by atomic mass is 10.0. The molecule has 166 valence electrons. The van der Waals surface area contributed by atoms with Gasteiger partial charge in [-0.05, 0) is 42.7 Å². The molecule has 1 aromatic heterocycles. The van der Waals surface area contributed by atoms with Gasteiger partial charge in [0.05, 0.1) is 30.8 Å². The maximum atomic E-state index is 12.9. The molecule has 1 fully saturated rings. The van der Waals surface area contributed by atoms with Gasteiger partial charge in [0.1, 0.15) is 11.4 Å². The van der Waals surface area contributed by atoms with Gasteiger partial charge in [0.2, 0.25) is 0 Å². The van der Waals surface area contributed by atoms with Crippen molar-refractivity contribution >= 4 is 34.5 Å². The smallest absolute Gasteiger partial charge is 0.319 e. The Bertz CT molecular complexity index is 1150. The Morgan fingerprint density at radius 2 is 1.91 bits per heavy atom. The molecule has 9 heteroatoms. The molecule has 2 aromatic carbocycles. The number of aromatic amines is 1. The highest BCUT2D eigenvalue weighted by molar-refractivity contribution is 6.04. The zero-order valence-corrected chi connectivity index (χ0v) is 17.5. The number of carboxylic acids is 1. The summed E-state index contributed by atoms with van der Waals surface area (Å²) in [5.74, 6) is -0.844. The van der Waals surface area contributed by atoms with E-state index >= 15 is 0 Å². The van der Waals surface area contributed by atoms with E-state index in [4.69, 9.17) is 4.74 Å². The summed E-state index contributed by atoms with van der Waals surface area (Å²) < 4.78 is 5.13. The maximum Gasteiger partial charge on any atom is 0.319 e. The van der Waals surface area contributed by atoms with Crippen LogP contribution in [0, 0.1) is 0 Å². The van der Waals surface area contributed by atoms with E-state index < -0.39 is 17.9 Å². The van der Waals surface area contributed by atoms with Crippen LogP contribution in [0.2, 0.25) is 0 Å². The fourth-order valence-corrected chi connectivity index (χ4v) is 3.45. The fourth-order valence-electron chi connectivity index (χ4n) is 3.45. The van der Waals surface area contributed by atoms with Crippen LogP contribution in [-0.4, -0.2) is 41.1 Å². The molecule has 0 aliphatic heterocycles. The Kier molecular flexibility index (Phi) is 5.98. The predicted molar refractivity (Wildman–Crippen MR) is 119 cm³/mol. The van der Waals surface area contributed by atoms with E-state index in [1.807, 2.05) is 6.07 Å². The number of nitrogens with one attached hydrogen (secondary N) is 4. The number of methoxy groups -OCH3 is 1. The molecule has 5 N–H and O–H groups in total. The average molecular weight is 436 g/mol. The second-order valence-electron chi connectivity index (χ2n) is 7.72. The third-order valence-electron chi connectivity index (χ3n) is 5.26. The van der Waals surface area contributed by atoms with Crippen LogP contribution in [0.1, 0.15) is 41.4 Å². The Labute approximate surface area is 184 Å². The summed E-state index contributed by atoms with van der Waals surface area (Å²) >= 11 is 0. The SMILES string of the molecule is COc1ccc([C@@H](CC(=O)O)NC(=O)c2cc3cccc(NC(=O)NC4CC4)c3[nH]2)cc1. The van der Waals surface area contributed by atoms with E-state index in [9.17, 15) is 19.5 Å². The number of hydrogen-bond acceptors (Lipinski definition) is 4. The number of rotatable bonds is 8. The first-order chi connectivity index (χ1) is 15.4. The van der Waals surface area contributed by atoms with Crippen molar-refractivity contribution in [2.24, 2.45) is 0 Å². The molecule has 1 atom stereocenters. The number of aliphatic carboxylic acids is 1. The number of anilines is 1. The number of urea groups is 1. The summed E-state index contributed by atoms with van der Waals surface area (Å²) in [5.41, 5.74) is 2.08. The number of carbonyl (C=O) groups is 3. The van der Waals surface area contributed by atoms with Crippen LogP contribution >= 0.6 is 0 Å². The molecule has 3 aromatic rings. The lowest BCUT2D eigenvalue weighted by molar-refractivity contribution is -0.137. The number of benzene rings is 2. The Hall–Kier alpha value is -4.01. The molecule has 9 nitrogen and oxygen atoms in total. The minimum atomic E-state index is -1.03. The molecule has 1 aliphatic rings. The van der Waals surface area contributed by atoms with Crippen molar-refractivity contribution in [3.05, 3.63) is 59.8 Å². The molecule has 32 heavy (non-hydrogen) atoms. The number of carbonyl (C=O) groups excluding carboxylic acids is 2. The predicted octanol–water partition coefficient (Wildman–Crippen LogP) is 3.41. The number of fused-ring (bicyclic) bond motifs is 1. The van der Waals surface area contributed by atoms with Gasteiger partial charge in [-0.1, -0.05) is 24.3 Å². The van der Waals surface area contributed by atoms with Gasteiger partial charge < -0.3 is 30.8 Å². The summed E-state index contributed by atoms with van der Waals surface area (Å²) in [6.07, 6.45) is 1.69. The summed E-state index contributed by atoms with van der Waals surface area (Å²) in [6.45, 7) is 0. The first-order valence-electron chi connectivity index (χ1n) is 10.3. The summed E-state index contributed by atoms with van der Waals surface area (Å²) in [7, 11) is 1.54. The van der Waals surface area contributed by atoms with Gasteiger partial charge in [-0.3, -0.25) is 9.59 Å². The number of aromatic nitrogens is 1. The molecule has 0 bridgehead atoms. The first kappa shape index (κ1) is 21.2. The minimum Gasteiger partial charge on any atom is -0.497 e. The average Bonchev–Trinajstić information content (AvgIpc) is 3.46. The molecular weight excluding hydrogens is 412 g/mol. The summed E-state index contributed by atoms with van der Waals surface area (Å²) in [4.78, 5) is 39.5. The quantitative estimate of drug-likeness (QED) is 0.369. The normalized spacial score (nSPS) is 13.9. The summed E-state index contributed by atoms with van der Waals surface area (Å²) in [6, 6.07) is 13.1. The highest BCUT2D eigenvalue weighted by atomic mass is 16.5. The molecule has 4 rings (SSSR count). The van der Waals surface area contributed by atoms with Crippen molar-refractivity contribution in [1.82, 2.24) is 15.6 Å². The molecule has 0 unspecified atom stereocenters. The topological polar surface area (TPSA) is 133 Å². The van der Waals surface area contributed by atoms with E-state index in [0.29, 0.717) is 22.5 Å². The van der Waals surface area contributed by atoms with Crippen LogP contribution in [0.15, 0.2) is 48.5 Å². The molecule has 1 saturated carbocycles. The van der Waals surface area contributed by atoms with Gasteiger partial charge in [0, 0.05) is 11.4 Å². The maximum absolute atomic E-state index is 12.9. The van der Waals surface area contributed by atoms with Crippen LogP contribution in [0.4, 0.5) is 10.5 Å². The minimum absolute atomic E-state index is 0.225. The second kappa shape index (κ2) is 9.01. The Morgan fingerprint density at radius 1 is 1.16 bits per heavy atom. The Morgan fingerprint density at radius 3 is 2.56 bits per heavy atom. The summed E-state index contributed by atoms with van der Waals surface area (Å²) in [5, 5.41) is 18.5. The molecular formula is C23H24N4O5. The third kappa shape index (κ3) is 5.00. The monoisotopic (exact) mass is 436 g/mol. The van der Waals surface area contributed by atoms with Gasteiger partial charge >= 0.3 is 12.0 Å². The van der Waals surface area contributed by atoms with E-state index in [1.165, 1.54) is 0 Å². The molecule has 0 radical (unpaired) electrons. The van der Waals surface area contributed by atoms with E-state index in [0.717, 1.165) is 18.2 Å². The molecule has 0 spiro atoms. The van der Waals surface area contributed by atoms with Crippen molar-refractivity contribution in [2.45, 2.75) is 31.3 Å². The number of carboxylic acid groups (broad SMARTS) is 1. The van der Waals surface area contributed by atoms with Crippen LogP contribution in [0.3, 0.4) is 0 Å². The van der Waals surface area contributed by atoms with Crippen molar-refractivity contribution in [1.29, 1.82) is 0 Å². The molecule has 1 aliphatic carbocycles. The number of para-hydroxylation sites is 1. The van der Waals surface area contributed by atoms with Crippen molar-refractivity contribution < 1.29 is 24.2 Å². The Balaban J connectivity index is 1.53.